The van der Waals surface area contributed by atoms with Crippen molar-refractivity contribution in [2.24, 2.45) is 0 Å². The summed E-state index contributed by atoms with van der Waals surface area (Å²) in [5.41, 5.74) is -0.693. The van der Waals surface area contributed by atoms with Gasteiger partial charge in [-0.25, -0.2) is 0 Å². The van der Waals surface area contributed by atoms with Crippen LogP contribution in [0.3, 0.4) is 0 Å². The van der Waals surface area contributed by atoms with Crippen molar-refractivity contribution < 1.29 is 19.1 Å². The first-order valence-electron chi connectivity index (χ1n) is 3.39. The number of rotatable bonds is 1. The second-order valence-electron chi connectivity index (χ2n) is 2.54. The molecule has 10 heavy (non-hydrogen) atoms. The highest BCUT2D eigenvalue weighted by molar-refractivity contribution is 6.57. The second kappa shape index (κ2) is 2.98. The SMILES string of the molecule is O[Si](O)(O)C1CCCCO1. The highest BCUT2D eigenvalue weighted by Gasteiger charge is 2.40. The van der Waals surface area contributed by atoms with Crippen LogP contribution in [-0.4, -0.2) is 35.5 Å². The zero-order valence-corrected chi connectivity index (χ0v) is 6.66. The van der Waals surface area contributed by atoms with E-state index in [2.05, 4.69) is 0 Å². The summed E-state index contributed by atoms with van der Waals surface area (Å²) in [6.07, 6.45) is 2.41. The van der Waals surface area contributed by atoms with Crippen molar-refractivity contribution >= 4 is 8.80 Å². The first-order chi connectivity index (χ1) is 4.61. The lowest BCUT2D eigenvalue weighted by Crippen LogP contribution is -2.51. The summed E-state index contributed by atoms with van der Waals surface area (Å²) in [5.74, 6) is 0. The van der Waals surface area contributed by atoms with E-state index in [1.165, 1.54) is 0 Å². The van der Waals surface area contributed by atoms with E-state index in [1.807, 2.05) is 0 Å². The van der Waals surface area contributed by atoms with Crippen molar-refractivity contribution in [1.29, 1.82) is 0 Å². The van der Waals surface area contributed by atoms with Crippen LogP contribution < -0.4 is 0 Å². The van der Waals surface area contributed by atoms with Crippen molar-refractivity contribution in [2.45, 2.75) is 25.0 Å². The lowest BCUT2D eigenvalue weighted by atomic mass is 10.2. The third kappa shape index (κ3) is 2.03. The average Bonchev–Trinajstić information content (AvgIpc) is 1.88. The van der Waals surface area contributed by atoms with E-state index in [1.54, 1.807) is 0 Å². The largest absolute Gasteiger partial charge is 0.523 e. The number of ether oxygens (including phenoxy) is 1. The van der Waals surface area contributed by atoms with E-state index in [4.69, 9.17) is 19.1 Å². The van der Waals surface area contributed by atoms with E-state index < -0.39 is 14.5 Å². The summed E-state index contributed by atoms with van der Waals surface area (Å²) in [4.78, 5) is 26.3. The van der Waals surface area contributed by atoms with Gasteiger partial charge in [0.1, 0.15) is 5.73 Å². The summed E-state index contributed by atoms with van der Waals surface area (Å²) in [6, 6.07) is 0. The van der Waals surface area contributed by atoms with Crippen LogP contribution in [0.1, 0.15) is 19.3 Å². The van der Waals surface area contributed by atoms with Crippen LogP contribution in [-0.2, 0) is 4.74 Å². The molecule has 1 rings (SSSR count). The van der Waals surface area contributed by atoms with Gasteiger partial charge in [0.15, 0.2) is 0 Å². The lowest BCUT2D eigenvalue weighted by molar-refractivity contribution is 0.0124. The van der Waals surface area contributed by atoms with Gasteiger partial charge < -0.3 is 19.1 Å². The maximum Gasteiger partial charge on any atom is 0.523 e. The van der Waals surface area contributed by atoms with Crippen LogP contribution in [0.2, 0.25) is 0 Å². The molecule has 3 N–H and O–H groups in total. The molecule has 0 aliphatic carbocycles. The van der Waals surface area contributed by atoms with E-state index in [9.17, 15) is 0 Å². The van der Waals surface area contributed by atoms with Crippen LogP contribution in [0.25, 0.3) is 0 Å². The van der Waals surface area contributed by atoms with Gasteiger partial charge in [-0.1, -0.05) is 0 Å². The maximum atomic E-state index is 8.77. The summed E-state index contributed by atoms with van der Waals surface area (Å²) in [6.45, 7) is 0.529. The summed E-state index contributed by atoms with van der Waals surface area (Å²) >= 11 is 0. The lowest BCUT2D eigenvalue weighted by Gasteiger charge is -2.26. The Bertz CT molecular complexity index is 105. The monoisotopic (exact) mass is 164 g/mol. The van der Waals surface area contributed by atoms with E-state index >= 15 is 0 Å². The van der Waals surface area contributed by atoms with Crippen molar-refractivity contribution in [3.05, 3.63) is 0 Å². The van der Waals surface area contributed by atoms with Crippen LogP contribution in [0.5, 0.6) is 0 Å². The maximum absolute atomic E-state index is 8.77. The van der Waals surface area contributed by atoms with Gasteiger partial charge in [0.2, 0.25) is 0 Å². The molecule has 1 fully saturated rings. The Morgan fingerprint density at radius 1 is 1.20 bits per heavy atom. The van der Waals surface area contributed by atoms with Gasteiger partial charge in [-0.2, -0.15) is 0 Å². The van der Waals surface area contributed by atoms with Gasteiger partial charge in [0, 0.05) is 6.61 Å². The minimum absolute atomic E-state index is 0.529. The molecule has 0 saturated carbocycles. The van der Waals surface area contributed by atoms with Crippen LogP contribution in [0, 0.1) is 0 Å². The summed E-state index contributed by atoms with van der Waals surface area (Å²) < 4.78 is 4.95. The van der Waals surface area contributed by atoms with Crippen molar-refractivity contribution in [3.8, 4) is 0 Å². The van der Waals surface area contributed by atoms with Gasteiger partial charge in [-0.15, -0.1) is 0 Å². The molecule has 1 heterocycles. The van der Waals surface area contributed by atoms with Crippen molar-refractivity contribution in [3.63, 3.8) is 0 Å². The minimum atomic E-state index is -3.98. The molecule has 1 aliphatic heterocycles. The molecular weight excluding hydrogens is 152 g/mol. The quantitative estimate of drug-likeness (QED) is 0.435. The molecule has 0 spiro atoms. The Morgan fingerprint density at radius 2 is 1.90 bits per heavy atom. The van der Waals surface area contributed by atoms with Crippen LogP contribution in [0.15, 0.2) is 0 Å². The molecule has 0 aromatic carbocycles. The molecule has 1 unspecified atom stereocenters. The number of hydrogen-bond acceptors (Lipinski definition) is 4. The third-order valence-electron chi connectivity index (χ3n) is 1.61. The fourth-order valence-electron chi connectivity index (χ4n) is 1.05. The Kier molecular flexibility index (Phi) is 2.43. The molecule has 0 aromatic heterocycles. The smallest absolute Gasteiger partial charge is 0.388 e. The van der Waals surface area contributed by atoms with E-state index in [0.717, 1.165) is 12.8 Å². The zero-order valence-electron chi connectivity index (χ0n) is 5.66. The van der Waals surface area contributed by atoms with Gasteiger partial charge in [-0.05, 0) is 19.3 Å². The molecule has 60 valence electrons. The minimum Gasteiger partial charge on any atom is -0.388 e. The van der Waals surface area contributed by atoms with Crippen LogP contribution >= 0.6 is 0 Å². The highest BCUT2D eigenvalue weighted by Crippen LogP contribution is 2.16. The molecule has 1 saturated heterocycles. The average molecular weight is 164 g/mol. The Labute approximate surface area is 60.4 Å². The summed E-state index contributed by atoms with van der Waals surface area (Å²) in [5, 5.41) is 0. The van der Waals surface area contributed by atoms with Gasteiger partial charge in [-0.3, -0.25) is 0 Å². The van der Waals surface area contributed by atoms with Gasteiger partial charge in [0.25, 0.3) is 0 Å². The second-order valence-corrected chi connectivity index (χ2v) is 4.56. The van der Waals surface area contributed by atoms with E-state index in [-0.39, 0.29) is 0 Å². The van der Waals surface area contributed by atoms with Crippen molar-refractivity contribution in [1.82, 2.24) is 0 Å². The molecule has 5 heteroatoms. The number of hydrogen-bond donors (Lipinski definition) is 3. The van der Waals surface area contributed by atoms with Crippen LogP contribution in [0.4, 0.5) is 0 Å². The van der Waals surface area contributed by atoms with Gasteiger partial charge >= 0.3 is 8.80 Å². The first kappa shape index (κ1) is 8.16. The molecule has 0 bridgehead atoms. The summed E-state index contributed by atoms with van der Waals surface area (Å²) in [7, 11) is -3.98. The zero-order chi connectivity index (χ0) is 7.61. The fraction of sp³-hybridized carbons (Fsp3) is 1.00. The van der Waals surface area contributed by atoms with E-state index in [0.29, 0.717) is 13.0 Å². The Morgan fingerprint density at radius 3 is 2.20 bits per heavy atom. The molecule has 0 radical (unpaired) electrons. The molecular formula is C5H12O4Si. The Hall–Kier alpha value is 0.0569. The predicted octanol–water partition coefficient (Wildman–Crippen LogP) is -0.990. The first-order valence-corrected chi connectivity index (χ1v) is 5.31. The third-order valence-corrected chi connectivity index (χ3v) is 2.93. The van der Waals surface area contributed by atoms with Gasteiger partial charge in [0.05, 0.1) is 0 Å². The molecule has 0 aromatic rings. The normalized spacial score (nSPS) is 28.5. The standard InChI is InChI=1S/C5H12O4Si/c6-10(7,8)5-3-1-2-4-9-5/h5-8H,1-4H2. The molecule has 1 aliphatic rings. The molecule has 4 nitrogen and oxygen atoms in total. The Balaban J connectivity index is 2.39. The predicted molar refractivity (Wildman–Crippen MR) is 36.0 cm³/mol. The topological polar surface area (TPSA) is 69.9 Å². The molecule has 0 amide bonds. The highest BCUT2D eigenvalue weighted by atomic mass is 28.4. The van der Waals surface area contributed by atoms with Crippen molar-refractivity contribution in [2.75, 3.05) is 6.61 Å². The fourth-order valence-corrected chi connectivity index (χ4v) is 1.98. The molecule has 1 atom stereocenters.